The van der Waals surface area contributed by atoms with E-state index in [1.54, 1.807) is 0 Å². The third-order valence-electron chi connectivity index (χ3n) is 2.25. The van der Waals surface area contributed by atoms with Crippen molar-refractivity contribution in [3.05, 3.63) is 28.5 Å². The first-order valence-electron chi connectivity index (χ1n) is 3.94. The van der Waals surface area contributed by atoms with Crippen molar-refractivity contribution >= 4 is 11.6 Å². The van der Waals surface area contributed by atoms with Crippen LogP contribution in [0.5, 0.6) is 5.75 Å². The van der Waals surface area contributed by atoms with Gasteiger partial charge in [0.2, 0.25) is 0 Å². The van der Waals surface area contributed by atoms with Gasteiger partial charge in [-0.15, -0.1) is 0 Å². The molecule has 0 amide bonds. The van der Waals surface area contributed by atoms with Crippen molar-refractivity contribution in [1.29, 1.82) is 0 Å². The topological polar surface area (TPSA) is 40.5 Å². The third kappa shape index (κ3) is 1.38. The zero-order valence-corrected chi connectivity index (χ0v) is 7.48. The normalized spacial score (nSPS) is 18.7. The maximum atomic E-state index is 12.9. The summed E-state index contributed by atoms with van der Waals surface area (Å²) in [4.78, 5) is 0. The highest BCUT2D eigenvalue weighted by Crippen LogP contribution is 2.50. The van der Waals surface area contributed by atoms with Crippen LogP contribution in [0, 0.1) is 5.82 Å². The van der Waals surface area contributed by atoms with Gasteiger partial charge in [-0.25, -0.2) is 4.39 Å². The average molecular weight is 203 g/mol. The molecule has 0 heterocycles. The lowest BCUT2D eigenvalue weighted by molar-refractivity contribution is 0.147. The molecule has 0 atom stereocenters. The highest BCUT2D eigenvalue weighted by molar-refractivity contribution is 6.32. The predicted octanol–water partition coefficient (Wildman–Crippen LogP) is 2.17. The molecule has 0 unspecified atom stereocenters. The number of rotatable bonds is 1. The van der Waals surface area contributed by atoms with Crippen LogP contribution >= 0.6 is 11.6 Å². The summed E-state index contributed by atoms with van der Waals surface area (Å²) < 4.78 is 12.9. The van der Waals surface area contributed by atoms with Crippen LogP contribution in [0.4, 0.5) is 4.39 Å². The molecule has 2 rings (SSSR count). The van der Waals surface area contributed by atoms with E-state index >= 15 is 0 Å². The molecular weight excluding hydrogens is 195 g/mol. The smallest absolute Gasteiger partial charge is 0.140 e. The van der Waals surface area contributed by atoms with Crippen molar-refractivity contribution in [3.8, 4) is 5.75 Å². The molecule has 2 nitrogen and oxygen atoms in total. The number of aromatic hydroxyl groups is 1. The number of benzene rings is 1. The lowest BCUT2D eigenvalue weighted by Crippen LogP contribution is -2.05. The van der Waals surface area contributed by atoms with Gasteiger partial charge in [0.05, 0.1) is 10.6 Å². The fraction of sp³-hybridized carbons (Fsp3) is 0.333. The maximum absolute atomic E-state index is 12.9. The van der Waals surface area contributed by atoms with Crippen LogP contribution in [0.25, 0.3) is 0 Å². The molecule has 1 aromatic rings. The number of hydrogen-bond acceptors (Lipinski definition) is 2. The van der Waals surface area contributed by atoms with Crippen LogP contribution in [-0.2, 0) is 5.60 Å². The SMILES string of the molecule is Oc1c(Cl)cc(F)cc1C1(O)CC1. The number of phenolic OH excluding ortho intramolecular Hbond substituents is 1. The average Bonchev–Trinajstić information content (AvgIpc) is 2.77. The van der Waals surface area contributed by atoms with E-state index in [0.29, 0.717) is 12.8 Å². The van der Waals surface area contributed by atoms with E-state index in [4.69, 9.17) is 11.6 Å². The Morgan fingerprint density at radius 2 is 2.00 bits per heavy atom. The van der Waals surface area contributed by atoms with Crippen molar-refractivity contribution < 1.29 is 14.6 Å². The number of halogens is 2. The summed E-state index contributed by atoms with van der Waals surface area (Å²) in [5, 5.41) is 19.0. The van der Waals surface area contributed by atoms with Crippen molar-refractivity contribution in [3.63, 3.8) is 0 Å². The first kappa shape index (κ1) is 8.78. The summed E-state index contributed by atoms with van der Waals surface area (Å²) >= 11 is 5.55. The Balaban J connectivity index is 2.56. The van der Waals surface area contributed by atoms with Crippen LogP contribution in [0.15, 0.2) is 12.1 Å². The Morgan fingerprint density at radius 3 is 2.54 bits per heavy atom. The van der Waals surface area contributed by atoms with E-state index < -0.39 is 11.4 Å². The minimum Gasteiger partial charge on any atom is -0.506 e. The Morgan fingerprint density at radius 1 is 1.38 bits per heavy atom. The molecule has 70 valence electrons. The lowest BCUT2D eigenvalue weighted by atomic mass is 10.1. The zero-order chi connectivity index (χ0) is 9.64. The zero-order valence-electron chi connectivity index (χ0n) is 6.72. The monoisotopic (exact) mass is 202 g/mol. The second-order valence-electron chi connectivity index (χ2n) is 3.32. The summed E-state index contributed by atoms with van der Waals surface area (Å²) in [5.41, 5.74) is -0.868. The standard InChI is InChI=1S/C9H8ClFO2/c10-7-4-5(11)3-6(8(7)12)9(13)1-2-9/h3-4,12-13H,1-2H2. The van der Waals surface area contributed by atoms with E-state index in [-0.39, 0.29) is 16.3 Å². The highest BCUT2D eigenvalue weighted by atomic mass is 35.5. The third-order valence-corrected chi connectivity index (χ3v) is 2.54. The number of phenols is 1. The van der Waals surface area contributed by atoms with Crippen molar-refractivity contribution in [2.45, 2.75) is 18.4 Å². The minimum absolute atomic E-state index is 0.0599. The van der Waals surface area contributed by atoms with Gasteiger partial charge in [-0.05, 0) is 25.0 Å². The highest BCUT2D eigenvalue weighted by Gasteiger charge is 2.44. The summed E-state index contributed by atoms with van der Waals surface area (Å²) in [5.74, 6) is -0.763. The first-order valence-corrected chi connectivity index (χ1v) is 4.31. The Labute approximate surface area is 79.6 Å². The van der Waals surface area contributed by atoms with Crippen LogP contribution in [0.3, 0.4) is 0 Å². The van der Waals surface area contributed by atoms with Gasteiger partial charge in [0.15, 0.2) is 0 Å². The second kappa shape index (κ2) is 2.59. The Hall–Kier alpha value is -0.800. The minimum atomic E-state index is -1.06. The molecule has 1 aromatic carbocycles. The second-order valence-corrected chi connectivity index (χ2v) is 3.72. The van der Waals surface area contributed by atoms with E-state index in [1.165, 1.54) is 0 Å². The molecule has 0 saturated heterocycles. The van der Waals surface area contributed by atoms with Gasteiger partial charge < -0.3 is 10.2 Å². The van der Waals surface area contributed by atoms with E-state index in [9.17, 15) is 14.6 Å². The summed E-state index contributed by atoms with van der Waals surface area (Å²) in [6.45, 7) is 0. The molecular formula is C9H8ClFO2. The van der Waals surface area contributed by atoms with Gasteiger partial charge in [0.25, 0.3) is 0 Å². The summed E-state index contributed by atoms with van der Waals surface area (Å²) in [6.07, 6.45) is 1.08. The first-order chi connectivity index (χ1) is 6.03. The molecule has 13 heavy (non-hydrogen) atoms. The van der Waals surface area contributed by atoms with Gasteiger partial charge in [0.1, 0.15) is 11.6 Å². The van der Waals surface area contributed by atoms with Crippen LogP contribution in [-0.4, -0.2) is 10.2 Å². The molecule has 0 bridgehead atoms. The van der Waals surface area contributed by atoms with Gasteiger partial charge in [-0.3, -0.25) is 0 Å². The lowest BCUT2D eigenvalue weighted by Gasteiger charge is -2.11. The van der Waals surface area contributed by atoms with Crippen LogP contribution in [0.2, 0.25) is 5.02 Å². The fourth-order valence-electron chi connectivity index (χ4n) is 1.31. The van der Waals surface area contributed by atoms with Gasteiger partial charge in [0, 0.05) is 5.56 Å². The molecule has 0 spiro atoms. The molecule has 0 aliphatic heterocycles. The molecule has 1 fully saturated rings. The van der Waals surface area contributed by atoms with Crippen molar-refractivity contribution in [1.82, 2.24) is 0 Å². The maximum Gasteiger partial charge on any atom is 0.140 e. The quantitative estimate of drug-likeness (QED) is 0.733. The van der Waals surface area contributed by atoms with Gasteiger partial charge in [-0.1, -0.05) is 11.6 Å². The largest absolute Gasteiger partial charge is 0.506 e. The summed E-state index contributed by atoms with van der Waals surface area (Å²) in [6, 6.07) is 2.14. The Bertz CT molecular complexity index is 361. The Kier molecular flexibility index (Phi) is 1.75. The number of aliphatic hydroxyl groups is 1. The molecule has 4 heteroatoms. The summed E-state index contributed by atoms with van der Waals surface area (Å²) in [7, 11) is 0. The van der Waals surface area contributed by atoms with Crippen molar-refractivity contribution in [2.24, 2.45) is 0 Å². The molecule has 1 aliphatic carbocycles. The molecule has 0 aromatic heterocycles. The van der Waals surface area contributed by atoms with E-state index in [0.717, 1.165) is 12.1 Å². The van der Waals surface area contributed by atoms with Crippen LogP contribution < -0.4 is 0 Å². The predicted molar refractivity (Wildman–Crippen MR) is 46.2 cm³/mol. The van der Waals surface area contributed by atoms with E-state index in [2.05, 4.69) is 0 Å². The van der Waals surface area contributed by atoms with E-state index in [1.807, 2.05) is 0 Å². The molecule has 0 radical (unpaired) electrons. The number of hydrogen-bond donors (Lipinski definition) is 2. The fourth-order valence-corrected chi connectivity index (χ4v) is 1.51. The van der Waals surface area contributed by atoms with Gasteiger partial charge >= 0.3 is 0 Å². The molecule has 1 saturated carbocycles. The molecule has 2 N–H and O–H groups in total. The van der Waals surface area contributed by atoms with Crippen LogP contribution in [0.1, 0.15) is 18.4 Å². The molecule has 1 aliphatic rings. The van der Waals surface area contributed by atoms with Gasteiger partial charge in [-0.2, -0.15) is 0 Å². The van der Waals surface area contributed by atoms with Crippen molar-refractivity contribution in [2.75, 3.05) is 0 Å².